The molecule has 4 heteroatoms. The number of nitrogens with one attached hydrogen (secondary N) is 1. The molecule has 0 saturated heterocycles. The van der Waals surface area contributed by atoms with Crippen molar-refractivity contribution in [3.8, 4) is 5.75 Å². The highest BCUT2D eigenvalue weighted by Gasteiger charge is 2.05. The lowest BCUT2D eigenvalue weighted by Crippen LogP contribution is -2.14. The second kappa shape index (κ2) is 7.92. The van der Waals surface area contributed by atoms with Crippen molar-refractivity contribution in [3.63, 3.8) is 0 Å². The first-order chi connectivity index (χ1) is 9.83. The van der Waals surface area contributed by atoms with Crippen molar-refractivity contribution < 1.29 is 4.74 Å². The molecule has 106 valence electrons. The van der Waals surface area contributed by atoms with E-state index in [2.05, 4.69) is 35.4 Å². The van der Waals surface area contributed by atoms with Gasteiger partial charge in [0.2, 0.25) is 0 Å². The summed E-state index contributed by atoms with van der Waals surface area (Å²) >= 11 is 1.68. The van der Waals surface area contributed by atoms with E-state index < -0.39 is 0 Å². The number of pyridine rings is 1. The molecule has 2 rings (SSSR count). The maximum absolute atomic E-state index is 5.17. The molecule has 3 nitrogen and oxygen atoms in total. The maximum Gasteiger partial charge on any atom is 0.118 e. The molecule has 1 aromatic carbocycles. The zero-order valence-electron chi connectivity index (χ0n) is 11.9. The molecular weight excluding hydrogens is 268 g/mol. The number of nitrogens with zero attached hydrogens (tertiary/aromatic N) is 1. The highest BCUT2D eigenvalue weighted by atomic mass is 32.2. The van der Waals surface area contributed by atoms with E-state index in [1.165, 1.54) is 10.5 Å². The third kappa shape index (κ3) is 4.25. The molecular formula is C16H20N2OS. The van der Waals surface area contributed by atoms with Crippen LogP contribution in [0.3, 0.4) is 0 Å². The Bertz CT molecular complexity index is 528. The fourth-order valence-electron chi connectivity index (χ4n) is 1.81. The molecule has 1 N–H and O–H groups in total. The minimum absolute atomic E-state index is 0.861. The monoisotopic (exact) mass is 288 g/mol. The summed E-state index contributed by atoms with van der Waals surface area (Å²) in [4.78, 5) is 5.65. The second-order valence-electron chi connectivity index (χ2n) is 4.42. The number of hydrogen-bond acceptors (Lipinski definition) is 4. The van der Waals surface area contributed by atoms with Gasteiger partial charge in [-0.25, -0.2) is 4.98 Å². The molecule has 1 aromatic heterocycles. The van der Waals surface area contributed by atoms with Crippen LogP contribution in [0.5, 0.6) is 5.75 Å². The van der Waals surface area contributed by atoms with Gasteiger partial charge in [-0.3, -0.25) is 0 Å². The highest BCUT2D eigenvalue weighted by Crippen LogP contribution is 2.29. The Morgan fingerprint density at radius 1 is 1.20 bits per heavy atom. The van der Waals surface area contributed by atoms with Crippen molar-refractivity contribution in [1.82, 2.24) is 10.3 Å². The topological polar surface area (TPSA) is 34.2 Å². The SMILES string of the molecule is CCCNCc1cccnc1Sc1ccc(OC)cc1. The summed E-state index contributed by atoms with van der Waals surface area (Å²) < 4.78 is 5.17. The first kappa shape index (κ1) is 14.9. The molecule has 0 aliphatic heterocycles. The van der Waals surface area contributed by atoms with Crippen molar-refractivity contribution in [3.05, 3.63) is 48.2 Å². The molecule has 20 heavy (non-hydrogen) atoms. The second-order valence-corrected chi connectivity index (χ2v) is 5.48. The van der Waals surface area contributed by atoms with Crippen molar-refractivity contribution in [2.45, 2.75) is 29.8 Å². The van der Waals surface area contributed by atoms with E-state index in [4.69, 9.17) is 4.74 Å². The van der Waals surface area contributed by atoms with Gasteiger partial charge in [0.25, 0.3) is 0 Å². The molecule has 0 amide bonds. The fourth-order valence-corrected chi connectivity index (χ4v) is 2.69. The summed E-state index contributed by atoms with van der Waals surface area (Å²) in [5.41, 5.74) is 1.24. The van der Waals surface area contributed by atoms with Crippen molar-refractivity contribution in [2.75, 3.05) is 13.7 Å². The van der Waals surface area contributed by atoms with E-state index in [0.29, 0.717) is 0 Å². The molecule has 0 spiro atoms. The van der Waals surface area contributed by atoms with Crippen LogP contribution in [0.1, 0.15) is 18.9 Å². The predicted molar refractivity (Wildman–Crippen MR) is 83.4 cm³/mol. The van der Waals surface area contributed by atoms with Crippen LogP contribution in [-0.4, -0.2) is 18.6 Å². The molecule has 0 radical (unpaired) electrons. The number of methoxy groups -OCH3 is 1. The van der Waals surface area contributed by atoms with Gasteiger partial charge in [-0.15, -0.1) is 0 Å². The maximum atomic E-state index is 5.17. The molecule has 0 aliphatic rings. The average Bonchev–Trinajstić information content (AvgIpc) is 2.50. The van der Waals surface area contributed by atoms with E-state index in [-0.39, 0.29) is 0 Å². The van der Waals surface area contributed by atoms with Crippen LogP contribution in [0.2, 0.25) is 0 Å². The third-order valence-electron chi connectivity index (χ3n) is 2.87. The lowest BCUT2D eigenvalue weighted by molar-refractivity contribution is 0.414. The summed E-state index contributed by atoms with van der Waals surface area (Å²) in [6.07, 6.45) is 2.98. The Hall–Kier alpha value is -1.52. The van der Waals surface area contributed by atoms with Gasteiger partial charge in [-0.2, -0.15) is 0 Å². The van der Waals surface area contributed by atoms with Gasteiger partial charge in [0.05, 0.1) is 7.11 Å². The minimum Gasteiger partial charge on any atom is -0.497 e. The largest absolute Gasteiger partial charge is 0.497 e. The van der Waals surface area contributed by atoms with Gasteiger partial charge in [-0.05, 0) is 48.9 Å². The van der Waals surface area contributed by atoms with Crippen LogP contribution in [-0.2, 0) is 6.54 Å². The number of hydrogen-bond donors (Lipinski definition) is 1. The molecule has 1 heterocycles. The summed E-state index contributed by atoms with van der Waals surface area (Å²) in [7, 11) is 1.68. The van der Waals surface area contributed by atoms with Gasteiger partial charge < -0.3 is 10.1 Å². The van der Waals surface area contributed by atoms with Crippen LogP contribution in [0.4, 0.5) is 0 Å². The standard InChI is InChI=1S/C16H20N2OS/c1-3-10-17-12-13-5-4-11-18-16(13)20-15-8-6-14(19-2)7-9-15/h4-9,11,17H,3,10,12H2,1-2H3. The van der Waals surface area contributed by atoms with E-state index in [0.717, 1.165) is 30.3 Å². The molecule has 0 bridgehead atoms. The van der Waals surface area contributed by atoms with E-state index >= 15 is 0 Å². The molecule has 0 fully saturated rings. The smallest absolute Gasteiger partial charge is 0.118 e. The van der Waals surface area contributed by atoms with E-state index in [1.807, 2.05) is 24.4 Å². The Morgan fingerprint density at radius 3 is 2.70 bits per heavy atom. The molecule has 0 saturated carbocycles. The van der Waals surface area contributed by atoms with Crippen LogP contribution in [0, 0.1) is 0 Å². The van der Waals surface area contributed by atoms with Crippen molar-refractivity contribution in [2.24, 2.45) is 0 Å². The summed E-state index contributed by atoms with van der Waals surface area (Å²) in [5.74, 6) is 0.875. The fraction of sp³-hybridized carbons (Fsp3) is 0.312. The van der Waals surface area contributed by atoms with Gasteiger partial charge in [0.1, 0.15) is 10.8 Å². The Morgan fingerprint density at radius 2 is 2.00 bits per heavy atom. The lowest BCUT2D eigenvalue weighted by Gasteiger charge is -2.09. The number of rotatable bonds is 7. The first-order valence-corrected chi connectivity index (χ1v) is 7.61. The Kier molecular flexibility index (Phi) is 5.89. The highest BCUT2D eigenvalue weighted by molar-refractivity contribution is 7.99. The predicted octanol–water partition coefficient (Wildman–Crippen LogP) is 3.74. The average molecular weight is 288 g/mol. The van der Waals surface area contributed by atoms with E-state index in [9.17, 15) is 0 Å². The third-order valence-corrected chi connectivity index (χ3v) is 3.93. The summed E-state index contributed by atoms with van der Waals surface area (Å²) in [5, 5.41) is 4.48. The quantitative estimate of drug-likeness (QED) is 0.787. The number of aromatic nitrogens is 1. The zero-order valence-corrected chi connectivity index (χ0v) is 12.7. The first-order valence-electron chi connectivity index (χ1n) is 6.80. The number of ether oxygens (including phenoxy) is 1. The van der Waals surface area contributed by atoms with Crippen molar-refractivity contribution in [1.29, 1.82) is 0 Å². The number of benzene rings is 1. The van der Waals surface area contributed by atoms with Crippen LogP contribution in [0.25, 0.3) is 0 Å². The van der Waals surface area contributed by atoms with Crippen LogP contribution >= 0.6 is 11.8 Å². The van der Waals surface area contributed by atoms with Gasteiger partial charge in [0, 0.05) is 17.6 Å². The summed E-state index contributed by atoms with van der Waals surface area (Å²) in [6.45, 7) is 4.06. The van der Waals surface area contributed by atoms with Gasteiger partial charge >= 0.3 is 0 Å². The molecule has 2 aromatic rings. The zero-order chi connectivity index (χ0) is 14.2. The summed E-state index contributed by atoms with van der Waals surface area (Å²) in [6, 6.07) is 12.2. The Labute approximate surface area is 124 Å². The Balaban J connectivity index is 2.07. The molecule has 0 unspecified atom stereocenters. The lowest BCUT2D eigenvalue weighted by atomic mass is 10.3. The molecule has 0 atom stereocenters. The van der Waals surface area contributed by atoms with E-state index in [1.54, 1.807) is 18.9 Å². The van der Waals surface area contributed by atoms with Gasteiger partial charge in [-0.1, -0.05) is 24.8 Å². The van der Waals surface area contributed by atoms with Crippen LogP contribution < -0.4 is 10.1 Å². The normalized spacial score (nSPS) is 10.5. The van der Waals surface area contributed by atoms with Crippen molar-refractivity contribution >= 4 is 11.8 Å². The molecule has 0 aliphatic carbocycles. The van der Waals surface area contributed by atoms with Gasteiger partial charge in [0.15, 0.2) is 0 Å². The minimum atomic E-state index is 0.861. The van der Waals surface area contributed by atoms with Crippen LogP contribution in [0.15, 0.2) is 52.5 Å².